The third-order valence-corrected chi connectivity index (χ3v) is 5.55. The summed E-state index contributed by atoms with van der Waals surface area (Å²) in [7, 11) is -3.16. The van der Waals surface area contributed by atoms with Gasteiger partial charge in [0.15, 0.2) is 0 Å². The number of hydrogen-bond donors (Lipinski definition) is 0. The van der Waals surface area contributed by atoms with Crippen LogP contribution < -0.4 is 4.74 Å². The Morgan fingerprint density at radius 3 is 2.25 bits per heavy atom. The number of para-hydroxylation sites is 1. The Hall–Kier alpha value is -1.60. The lowest BCUT2D eigenvalue weighted by Crippen LogP contribution is -2.50. The number of amides is 1. The zero-order chi connectivity index (χ0) is 17.7. The summed E-state index contributed by atoms with van der Waals surface area (Å²) in [6.07, 6.45) is 2.28. The standard InChI is InChI=1S/C17H26N2O4S/c1-14-6-4-7-15(2)17(14)23-13-5-8-16(20)18-9-11-19(12-10-18)24(3,21)22/h4,6-7H,5,8-13H2,1-3H3. The first kappa shape index (κ1) is 18.7. The van der Waals surface area contributed by atoms with E-state index in [9.17, 15) is 13.2 Å². The smallest absolute Gasteiger partial charge is 0.222 e. The van der Waals surface area contributed by atoms with Crippen LogP contribution in [0.15, 0.2) is 18.2 Å². The van der Waals surface area contributed by atoms with Crippen LogP contribution in [0.5, 0.6) is 5.75 Å². The minimum atomic E-state index is -3.16. The van der Waals surface area contributed by atoms with Gasteiger partial charge in [0.25, 0.3) is 0 Å². The SMILES string of the molecule is Cc1cccc(C)c1OCCCC(=O)N1CCN(S(C)(=O)=O)CC1. The number of nitrogens with zero attached hydrogens (tertiary/aromatic N) is 2. The van der Waals surface area contributed by atoms with E-state index < -0.39 is 10.0 Å². The van der Waals surface area contributed by atoms with E-state index in [1.165, 1.54) is 10.6 Å². The Morgan fingerprint density at radius 2 is 1.71 bits per heavy atom. The van der Waals surface area contributed by atoms with Crippen molar-refractivity contribution in [3.63, 3.8) is 0 Å². The van der Waals surface area contributed by atoms with Gasteiger partial charge in [-0.25, -0.2) is 8.42 Å². The number of sulfonamides is 1. The molecule has 0 unspecified atom stereocenters. The Balaban J connectivity index is 1.73. The average molecular weight is 354 g/mol. The van der Waals surface area contributed by atoms with Crippen LogP contribution in [-0.2, 0) is 14.8 Å². The minimum absolute atomic E-state index is 0.0632. The highest BCUT2D eigenvalue weighted by atomic mass is 32.2. The van der Waals surface area contributed by atoms with Gasteiger partial charge in [-0.05, 0) is 31.4 Å². The quantitative estimate of drug-likeness (QED) is 0.727. The van der Waals surface area contributed by atoms with E-state index in [2.05, 4.69) is 0 Å². The van der Waals surface area contributed by atoms with Gasteiger partial charge in [0, 0.05) is 32.6 Å². The van der Waals surface area contributed by atoms with E-state index in [1.807, 2.05) is 32.0 Å². The molecule has 1 aliphatic rings. The Labute approximate surface area is 144 Å². The second kappa shape index (κ2) is 7.98. The number of hydrogen-bond acceptors (Lipinski definition) is 4. The molecule has 0 spiro atoms. The molecule has 0 aromatic heterocycles. The van der Waals surface area contributed by atoms with Gasteiger partial charge < -0.3 is 9.64 Å². The fourth-order valence-electron chi connectivity index (χ4n) is 2.85. The molecule has 1 amide bonds. The van der Waals surface area contributed by atoms with Gasteiger partial charge in [-0.15, -0.1) is 0 Å². The molecule has 24 heavy (non-hydrogen) atoms. The summed E-state index contributed by atoms with van der Waals surface area (Å²) in [6.45, 7) is 6.20. The predicted molar refractivity (Wildman–Crippen MR) is 93.6 cm³/mol. The van der Waals surface area contributed by atoms with Crippen molar-refractivity contribution in [3.05, 3.63) is 29.3 Å². The fraction of sp³-hybridized carbons (Fsp3) is 0.588. The summed E-state index contributed by atoms with van der Waals surface area (Å²) in [6, 6.07) is 6.01. The Kier molecular flexibility index (Phi) is 6.23. The number of carbonyl (C=O) groups is 1. The van der Waals surface area contributed by atoms with Crippen molar-refractivity contribution >= 4 is 15.9 Å². The second-order valence-electron chi connectivity index (χ2n) is 6.22. The molecule has 1 aliphatic heterocycles. The zero-order valence-corrected chi connectivity index (χ0v) is 15.4. The van der Waals surface area contributed by atoms with E-state index in [0.717, 1.165) is 16.9 Å². The van der Waals surface area contributed by atoms with Crippen molar-refractivity contribution in [2.75, 3.05) is 39.0 Å². The first-order valence-corrected chi connectivity index (χ1v) is 10.1. The molecule has 6 nitrogen and oxygen atoms in total. The van der Waals surface area contributed by atoms with Crippen molar-refractivity contribution in [1.82, 2.24) is 9.21 Å². The van der Waals surface area contributed by atoms with E-state index in [-0.39, 0.29) is 5.91 Å². The molecular formula is C17H26N2O4S. The summed E-state index contributed by atoms with van der Waals surface area (Å²) >= 11 is 0. The lowest BCUT2D eigenvalue weighted by molar-refractivity contribution is -0.132. The molecule has 0 N–H and O–H groups in total. The van der Waals surface area contributed by atoms with Crippen molar-refractivity contribution in [3.8, 4) is 5.75 Å². The molecule has 0 atom stereocenters. The number of benzene rings is 1. The van der Waals surface area contributed by atoms with Gasteiger partial charge >= 0.3 is 0 Å². The first-order valence-electron chi connectivity index (χ1n) is 8.21. The van der Waals surface area contributed by atoms with E-state index in [4.69, 9.17) is 4.74 Å². The summed E-state index contributed by atoms with van der Waals surface area (Å²) in [4.78, 5) is 13.9. The first-order chi connectivity index (χ1) is 11.3. The molecule has 0 saturated carbocycles. The lowest BCUT2D eigenvalue weighted by Gasteiger charge is -2.33. The molecule has 0 bridgehead atoms. The van der Waals surface area contributed by atoms with Crippen LogP contribution in [-0.4, -0.2) is 62.6 Å². The van der Waals surface area contributed by atoms with Gasteiger partial charge in [-0.3, -0.25) is 4.79 Å². The van der Waals surface area contributed by atoms with E-state index in [1.54, 1.807) is 4.90 Å². The van der Waals surface area contributed by atoms with Gasteiger partial charge in [0.1, 0.15) is 5.75 Å². The van der Waals surface area contributed by atoms with Crippen molar-refractivity contribution in [2.24, 2.45) is 0 Å². The maximum atomic E-state index is 12.2. The van der Waals surface area contributed by atoms with Crippen molar-refractivity contribution < 1.29 is 17.9 Å². The third kappa shape index (κ3) is 4.95. The highest BCUT2D eigenvalue weighted by molar-refractivity contribution is 7.88. The predicted octanol–water partition coefficient (Wildman–Crippen LogP) is 1.57. The summed E-state index contributed by atoms with van der Waals surface area (Å²) < 4.78 is 30.2. The van der Waals surface area contributed by atoms with Crippen molar-refractivity contribution in [2.45, 2.75) is 26.7 Å². The highest BCUT2D eigenvalue weighted by Gasteiger charge is 2.25. The second-order valence-corrected chi connectivity index (χ2v) is 8.20. The number of rotatable bonds is 6. The molecule has 1 fully saturated rings. The molecule has 2 rings (SSSR count). The number of ether oxygens (including phenoxy) is 1. The number of aryl methyl sites for hydroxylation is 2. The van der Waals surface area contributed by atoms with E-state index in [0.29, 0.717) is 45.6 Å². The molecule has 1 aromatic rings. The van der Waals surface area contributed by atoms with Crippen LogP contribution in [0.1, 0.15) is 24.0 Å². The normalized spacial score (nSPS) is 16.2. The molecule has 0 aliphatic carbocycles. The topological polar surface area (TPSA) is 66.9 Å². The maximum absolute atomic E-state index is 12.2. The Morgan fingerprint density at radius 1 is 1.12 bits per heavy atom. The van der Waals surface area contributed by atoms with Crippen LogP contribution in [0.4, 0.5) is 0 Å². The van der Waals surface area contributed by atoms with E-state index >= 15 is 0 Å². The Bertz CT molecular complexity index is 660. The fourth-order valence-corrected chi connectivity index (χ4v) is 3.68. The summed E-state index contributed by atoms with van der Waals surface area (Å²) in [5.41, 5.74) is 2.19. The summed E-state index contributed by atoms with van der Waals surface area (Å²) in [5, 5.41) is 0. The molecule has 1 aromatic carbocycles. The molecule has 7 heteroatoms. The number of carbonyl (C=O) groups excluding carboxylic acids is 1. The third-order valence-electron chi connectivity index (χ3n) is 4.25. The van der Waals surface area contributed by atoms with Crippen LogP contribution >= 0.6 is 0 Å². The van der Waals surface area contributed by atoms with Crippen LogP contribution in [0.25, 0.3) is 0 Å². The molecule has 1 heterocycles. The molecule has 0 radical (unpaired) electrons. The molecular weight excluding hydrogens is 328 g/mol. The minimum Gasteiger partial charge on any atom is -0.493 e. The largest absolute Gasteiger partial charge is 0.493 e. The van der Waals surface area contributed by atoms with Gasteiger partial charge in [-0.1, -0.05) is 18.2 Å². The maximum Gasteiger partial charge on any atom is 0.222 e. The molecule has 134 valence electrons. The van der Waals surface area contributed by atoms with Crippen LogP contribution in [0, 0.1) is 13.8 Å². The zero-order valence-electron chi connectivity index (χ0n) is 14.6. The number of piperazine rings is 1. The highest BCUT2D eigenvalue weighted by Crippen LogP contribution is 2.22. The summed E-state index contributed by atoms with van der Waals surface area (Å²) in [5.74, 6) is 0.958. The lowest BCUT2D eigenvalue weighted by atomic mass is 10.1. The monoisotopic (exact) mass is 354 g/mol. The van der Waals surface area contributed by atoms with Gasteiger partial charge in [-0.2, -0.15) is 4.31 Å². The van der Waals surface area contributed by atoms with Gasteiger partial charge in [0.05, 0.1) is 12.9 Å². The van der Waals surface area contributed by atoms with Crippen LogP contribution in [0.3, 0.4) is 0 Å². The van der Waals surface area contributed by atoms with Crippen LogP contribution in [0.2, 0.25) is 0 Å². The average Bonchev–Trinajstić information content (AvgIpc) is 2.53. The van der Waals surface area contributed by atoms with Gasteiger partial charge in [0.2, 0.25) is 15.9 Å². The molecule has 1 saturated heterocycles. The van der Waals surface area contributed by atoms with Crippen molar-refractivity contribution in [1.29, 1.82) is 0 Å².